The molecular weight excluding hydrogens is 330 g/mol. The number of carbonyl (C=O) groups is 1. The number of rotatable bonds is 7. The molecule has 26 heavy (non-hydrogen) atoms. The van der Waals surface area contributed by atoms with Gasteiger partial charge in [0, 0.05) is 0 Å². The van der Waals surface area contributed by atoms with Crippen LogP contribution in [0.5, 0.6) is 5.75 Å². The summed E-state index contributed by atoms with van der Waals surface area (Å²) in [6, 6.07) is 17.5. The maximum absolute atomic E-state index is 12.0. The van der Waals surface area contributed by atoms with Crippen molar-refractivity contribution in [1.82, 2.24) is 10.2 Å². The number of nitrogens with zero attached hydrogens (tertiary/aromatic N) is 2. The van der Waals surface area contributed by atoms with Gasteiger partial charge in [-0.3, -0.25) is 10.1 Å². The number of hydrogen-bond donors (Lipinski definition) is 1. The van der Waals surface area contributed by atoms with Crippen LogP contribution in [-0.4, -0.2) is 22.7 Å². The lowest BCUT2D eigenvalue weighted by molar-refractivity contribution is -0.118. The van der Waals surface area contributed by atoms with E-state index in [1.807, 2.05) is 54.6 Å². The van der Waals surface area contributed by atoms with Crippen LogP contribution in [0.4, 0.5) is 6.01 Å². The summed E-state index contributed by atoms with van der Waals surface area (Å²) in [6.07, 6.45) is 0.516. The lowest BCUT2D eigenvalue weighted by Crippen LogP contribution is -2.20. The molecule has 2 aromatic carbocycles. The Morgan fingerprint density at radius 2 is 1.81 bits per heavy atom. The van der Waals surface area contributed by atoms with Crippen LogP contribution in [0.1, 0.15) is 36.8 Å². The molecule has 3 aromatic rings. The molecule has 0 aliphatic heterocycles. The molecule has 0 spiro atoms. The average molecular weight is 351 g/mol. The summed E-state index contributed by atoms with van der Waals surface area (Å²) in [7, 11) is 0. The molecule has 0 unspecified atom stereocenters. The molecule has 1 heterocycles. The Balaban J connectivity index is 1.49. The number of benzene rings is 2. The topological polar surface area (TPSA) is 77.2 Å². The summed E-state index contributed by atoms with van der Waals surface area (Å²) in [5.74, 6) is 1.18. The first-order valence-electron chi connectivity index (χ1n) is 8.49. The monoisotopic (exact) mass is 351 g/mol. The van der Waals surface area contributed by atoms with Crippen LogP contribution in [0.15, 0.2) is 59.0 Å². The van der Waals surface area contributed by atoms with Crippen molar-refractivity contribution in [3.8, 4) is 5.75 Å². The molecule has 0 saturated carbocycles. The van der Waals surface area contributed by atoms with Gasteiger partial charge in [0.2, 0.25) is 5.89 Å². The predicted molar refractivity (Wildman–Crippen MR) is 98.2 cm³/mol. The van der Waals surface area contributed by atoms with Crippen molar-refractivity contribution in [3.05, 3.63) is 71.6 Å². The Morgan fingerprint density at radius 3 is 2.50 bits per heavy atom. The molecule has 1 N–H and O–H groups in total. The highest BCUT2D eigenvalue weighted by molar-refractivity contribution is 5.89. The van der Waals surface area contributed by atoms with E-state index in [9.17, 15) is 4.79 Å². The van der Waals surface area contributed by atoms with Gasteiger partial charge in [-0.1, -0.05) is 61.4 Å². The van der Waals surface area contributed by atoms with Crippen LogP contribution in [0.3, 0.4) is 0 Å². The van der Waals surface area contributed by atoms with E-state index >= 15 is 0 Å². The Hall–Kier alpha value is -3.15. The van der Waals surface area contributed by atoms with Crippen molar-refractivity contribution in [3.63, 3.8) is 0 Å². The summed E-state index contributed by atoms with van der Waals surface area (Å²) in [5, 5.41) is 10.3. The Bertz CT molecular complexity index is 842. The van der Waals surface area contributed by atoms with Crippen molar-refractivity contribution in [1.29, 1.82) is 0 Å². The number of hydrogen-bond acceptors (Lipinski definition) is 5. The molecule has 0 saturated heterocycles. The largest absolute Gasteiger partial charge is 0.484 e. The zero-order chi connectivity index (χ0) is 18.4. The van der Waals surface area contributed by atoms with Crippen LogP contribution in [0, 0.1) is 0 Å². The molecule has 0 atom stereocenters. The SMILES string of the molecule is CC(C)c1ccc(OCC(=O)Nc2nnc(Cc3ccccc3)o2)cc1. The van der Waals surface area contributed by atoms with Gasteiger partial charge in [0.05, 0.1) is 6.42 Å². The molecule has 0 aliphatic rings. The first kappa shape index (κ1) is 17.7. The zero-order valence-corrected chi connectivity index (χ0v) is 14.8. The van der Waals surface area contributed by atoms with E-state index in [0.29, 0.717) is 24.0 Å². The summed E-state index contributed by atoms with van der Waals surface area (Å²) in [4.78, 5) is 12.0. The summed E-state index contributed by atoms with van der Waals surface area (Å²) < 4.78 is 10.9. The van der Waals surface area contributed by atoms with Crippen LogP contribution in [0.2, 0.25) is 0 Å². The Kier molecular flexibility index (Phi) is 5.63. The molecule has 0 aliphatic carbocycles. The fourth-order valence-corrected chi connectivity index (χ4v) is 2.40. The third-order valence-corrected chi connectivity index (χ3v) is 3.83. The van der Waals surface area contributed by atoms with Gasteiger partial charge in [-0.15, -0.1) is 5.10 Å². The van der Waals surface area contributed by atoms with Gasteiger partial charge in [-0.25, -0.2) is 0 Å². The Labute approximate surface area is 152 Å². The number of carbonyl (C=O) groups excluding carboxylic acids is 1. The van der Waals surface area contributed by atoms with E-state index in [1.165, 1.54) is 5.56 Å². The zero-order valence-electron chi connectivity index (χ0n) is 14.8. The number of anilines is 1. The van der Waals surface area contributed by atoms with Crippen LogP contribution < -0.4 is 10.1 Å². The molecule has 6 heteroatoms. The van der Waals surface area contributed by atoms with Crippen molar-refractivity contribution >= 4 is 11.9 Å². The van der Waals surface area contributed by atoms with E-state index in [1.54, 1.807) is 0 Å². The van der Waals surface area contributed by atoms with Gasteiger partial charge in [-0.2, -0.15) is 0 Å². The van der Waals surface area contributed by atoms with Crippen molar-refractivity contribution in [2.75, 3.05) is 11.9 Å². The van der Waals surface area contributed by atoms with Crippen molar-refractivity contribution in [2.45, 2.75) is 26.2 Å². The van der Waals surface area contributed by atoms with Gasteiger partial charge >= 0.3 is 6.01 Å². The second-order valence-electron chi connectivity index (χ2n) is 6.22. The molecule has 1 aromatic heterocycles. The Morgan fingerprint density at radius 1 is 1.08 bits per heavy atom. The maximum Gasteiger partial charge on any atom is 0.322 e. The highest BCUT2D eigenvalue weighted by Gasteiger charge is 2.11. The minimum Gasteiger partial charge on any atom is -0.484 e. The predicted octanol–water partition coefficient (Wildman–Crippen LogP) is 3.80. The minimum absolute atomic E-state index is 0.0692. The van der Waals surface area contributed by atoms with Crippen LogP contribution >= 0.6 is 0 Å². The first-order valence-corrected chi connectivity index (χ1v) is 8.49. The summed E-state index contributed by atoms with van der Waals surface area (Å²) in [6.45, 7) is 4.12. The normalized spacial score (nSPS) is 10.7. The quantitative estimate of drug-likeness (QED) is 0.700. The fourth-order valence-electron chi connectivity index (χ4n) is 2.40. The number of nitrogens with one attached hydrogen (secondary N) is 1. The molecule has 1 amide bonds. The van der Waals surface area contributed by atoms with E-state index in [4.69, 9.17) is 9.15 Å². The molecular formula is C20H21N3O3. The maximum atomic E-state index is 12.0. The van der Waals surface area contributed by atoms with E-state index in [-0.39, 0.29) is 18.5 Å². The van der Waals surface area contributed by atoms with Gasteiger partial charge in [0.15, 0.2) is 6.61 Å². The highest BCUT2D eigenvalue weighted by Crippen LogP contribution is 2.18. The van der Waals surface area contributed by atoms with Crippen molar-refractivity contribution < 1.29 is 13.9 Å². The number of amides is 1. The minimum atomic E-state index is -0.354. The lowest BCUT2D eigenvalue weighted by atomic mass is 10.0. The van der Waals surface area contributed by atoms with Crippen LogP contribution in [0.25, 0.3) is 0 Å². The number of ether oxygens (including phenoxy) is 1. The lowest BCUT2D eigenvalue weighted by Gasteiger charge is -2.08. The second-order valence-corrected chi connectivity index (χ2v) is 6.22. The summed E-state index contributed by atoms with van der Waals surface area (Å²) in [5.41, 5.74) is 2.28. The van der Waals surface area contributed by atoms with Gasteiger partial charge in [0.25, 0.3) is 5.91 Å². The van der Waals surface area contributed by atoms with E-state index in [0.717, 1.165) is 5.56 Å². The first-order chi connectivity index (χ1) is 12.6. The molecule has 0 fully saturated rings. The van der Waals surface area contributed by atoms with Gasteiger partial charge < -0.3 is 9.15 Å². The fraction of sp³-hybridized carbons (Fsp3) is 0.250. The molecule has 0 radical (unpaired) electrons. The smallest absolute Gasteiger partial charge is 0.322 e. The second kappa shape index (κ2) is 8.29. The van der Waals surface area contributed by atoms with Crippen LogP contribution in [-0.2, 0) is 11.2 Å². The molecule has 134 valence electrons. The highest BCUT2D eigenvalue weighted by atomic mass is 16.5. The molecule has 0 bridgehead atoms. The van der Waals surface area contributed by atoms with E-state index in [2.05, 4.69) is 29.4 Å². The van der Waals surface area contributed by atoms with Gasteiger partial charge in [0.1, 0.15) is 5.75 Å². The average Bonchev–Trinajstić information content (AvgIpc) is 3.08. The number of aromatic nitrogens is 2. The summed E-state index contributed by atoms with van der Waals surface area (Å²) >= 11 is 0. The van der Waals surface area contributed by atoms with Crippen molar-refractivity contribution in [2.24, 2.45) is 0 Å². The third kappa shape index (κ3) is 4.92. The van der Waals surface area contributed by atoms with E-state index < -0.39 is 0 Å². The standard InChI is InChI=1S/C20H21N3O3/c1-14(2)16-8-10-17(11-9-16)25-13-18(24)21-20-23-22-19(26-20)12-15-6-4-3-5-7-15/h3-11,14H,12-13H2,1-2H3,(H,21,23,24). The molecule has 3 rings (SSSR count). The molecule has 6 nitrogen and oxygen atoms in total. The van der Waals surface area contributed by atoms with Gasteiger partial charge in [-0.05, 0) is 29.2 Å². The third-order valence-electron chi connectivity index (χ3n) is 3.83.